The standard InChI is InChI=1S/C25H24ClN3O4/c1-33-21-9-2-17(3-10-21)24(30)27-19-6-11-23(22(16-19)25(31)32)29-14-12-28(13-15-29)20-7-4-18(26)5-8-20/h2-11,16H,12-15H2,1H3,(H,27,30)(H,31,32). The Bertz CT molecular complexity index is 1140. The summed E-state index contributed by atoms with van der Waals surface area (Å²) in [6.45, 7) is 2.88. The van der Waals surface area contributed by atoms with Crippen molar-refractivity contribution < 1.29 is 19.4 Å². The third-order valence-electron chi connectivity index (χ3n) is 5.65. The lowest BCUT2D eigenvalue weighted by molar-refractivity contribution is 0.0697. The highest BCUT2D eigenvalue weighted by molar-refractivity contribution is 6.30. The van der Waals surface area contributed by atoms with Crippen LogP contribution in [0.3, 0.4) is 0 Å². The number of carboxylic acids is 1. The smallest absolute Gasteiger partial charge is 0.337 e. The van der Waals surface area contributed by atoms with Crippen LogP contribution in [-0.2, 0) is 0 Å². The zero-order chi connectivity index (χ0) is 23.4. The maximum absolute atomic E-state index is 12.5. The molecule has 3 aromatic carbocycles. The average Bonchev–Trinajstić information content (AvgIpc) is 2.84. The molecule has 170 valence electrons. The van der Waals surface area contributed by atoms with E-state index in [4.69, 9.17) is 16.3 Å². The van der Waals surface area contributed by atoms with Crippen molar-refractivity contribution in [3.8, 4) is 5.75 Å². The predicted octanol–water partition coefficient (Wildman–Crippen LogP) is 4.63. The number of carbonyl (C=O) groups excluding carboxylic acids is 1. The van der Waals surface area contributed by atoms with Gasteiger partial charge in [0.05, 0.1) is 18.4 Å². The van der Waals surface area contributed by atoms with Crippen molar-refractivity contribution in [3.05, 3.63) is 82.9 Å². The molecule has 0 bridgehead atoms. The number of carboxylic acid groups (broad SMARTS) is 1. The zero-order valence-corrected chi connectivity index (χ0v) is 18.9. The summed E-state index contributed by atoms with van der Waals surface area (Å²) in [5, 5.41) is 13.3. The van der Waals surface area contributed by atoms with E-state index in [1.807, 2.05) is 24.3 Å². The van der Waals surface area contributed by atoms with E-state index in [0.717, 1.165) is 18.8 Å². The summed E-state index contributed by atoms with van der Waals surface area (Å²) < 4.78 is 5.11. The number of rotatable bonds is 6. The van der Waals surface area contributed by atoms with Crippen molar-refractivity contribution in [2.24, 2.45) is 0 Å². The van der Waals surface area contributed by atoms with Gasteiger partial charge in [0.2, 0.25) is 0 Å². The molecule has 0 aliphatic carbocycles. The van der Waals surface area contributed by atoms with Gasteiger partial charge in [0.25, 0.3) is 5.91 Å². The number of nitrogens with zero attached hydrogens (tertiary/aromatic N) is 2. The maximum Gasteiger partial charge on any atom is 0.337 e. The molecule has 0 radical (unpaired) electrons. The molecule has 0 unspecified atom stereocenters. The summed E-state index contributed by atoms with van der Waals surface area (Å²) >= 11 is 5.98. The SMILES string of the molecule is COc1ccc(C(=O)Nc2ccc(N3CCN(c4ccc(Cl)cc4)CC3)c(C(=O)O)c2)cc1. The van der Waals surface area contributed by atoms with Crippen LogP contribution in [0.4, 0.5) is 17.1 Å². The number of halogens is 1. The number of piperazine rings is 1. The van der Waals surface area contributed by atoms with E-state index in [2.05, 4.69) is 15.1 Å². The molecule has 3 aromatic rings. The van der Waals surface area contributed by atoms with Crippen LogP contribution >= 0.6 is 11.6 Å². The molecule has 8 heteroatoms. The number of methoxy groups -OCH3 is 1. The monoisotopic (exact) mass is 465 g/mol. The highest BCUT2D eigenvalue weighted by Gasteiger charge is 2.22. The van der Waals surface area contributed by atoms with E-state index in [0.29, 0.717) is 40.8 Å². The van der Waals surface area contributed by atoms with Gasteiger partial charge in [0.1, 0.15) is 5.75 Å². The van der Waals surface area contributed by atoms with Gasteiger partial charge in [-0.2, -0.15) is 0 Å². The molecule has 1 fully saturated rings. The molecule has 7 nitrogen and oxygen atoms in total. The molecule has 1 saturated heterocycles. The van der Waals surface area contributed by atoms with Crippen LogP contribution in [0, 0.1) is 0 Å². The average molecular weight is 466 g/mol. The molecule has 1 amide bonds. The number of benzene rings is 3. The summed E-state index contributed by atoms with van der Waals surface area (Å²) in [6, 6.07) is 19.4. The number of nitrogens with one attached hydrogen (secondary N) is 1. The minimum Gasteiger partial charge on any atom is -0.497 e. The predicted molar refractivity (Wildman–Crippen MR) is 130 cm³/mol. The van der Waals surface area contributed by atoms with Gasteiger partial charge in [0.15, 0.2) is 0 Å². The molecule has 1 heterocycles. The van der Waals surface area contributed by atoms with E-state index in [9.17, 15) is 14.7 Å². The highest BCUT2D eigenvalue weighted by Crippen LogP contribution is 2.28. The van der Waals surface area contributed by atoms with Crippen LogP contribution in [-0.4, -0.2) is 50.3 Å². The third kappa shape index (κ3) is 5.21. The van der Waals surface area contributed by atoms with Crippen LogP contribution in [0.2, 0.25) is 5.02 Å². The Morgan fingerprint density at radius 2 is 1.55 bits per heavy atom. The molecule has 33 heavy (non-hydrogen) atoms. The number of ether oxygens (including phenoxy) is 1. The molecular formula is C25H24ClN3O4. The normalized spacial score (nSPS) is 13.5. The fourth-order valence-corrected chi connectivity index (χ4v) is 3.99. The summed E-state index contributed by atoms with van der Waals surface area (Å²) in [5.41, 5.74) is 2.77. The van der Waals surface area contributed by atoms with Gasteiger partial charge < -0.3 is 25.0 Å². The van der Waals surface area contributed by atoms with Crippen molar-refractivity contribution in [3.63, 3.8) is 0 Å². The van der Waals surface area contributed by atoms with Crippen LogP contribution in [0.25, 0.3) is 0 Å². The molecule has 1 aliphatic heterocycles. The lowest BCUT2D eigenvalue weighted by Crippen LogP contribution is -2.47. The lowest BCUT2D eigenvalue weighted by Gasteiger charge is -2.38. The van der Waals surface area contributed by atoms with E-state index >= 15 is 0 Å². The number of hydrogen-bond acceptors (Lipinski definition) is 5. The third-order valence-corrected chi connectivity index (χ3v) is 5.90. The Labute approximate surface area is 197 Å². The van der Waals surface area contributed by atoms with E-state index in [-0.39, 0.29) is 11.5 Å². The fraction of sp³-hybridized carbons (Fsp3) is 0.200. The van der Waals surface area contributed by atoms with Gasteiger partial charge in [-0.3, -0.25) is 4.79 Å². The van der Waals surface area contributed by atoms with E-state index in [1.54, 1.807) is 43.5 Å². The van der Waals surface area contributed by atoms with Gasteiger partial charge in [-0.15, -0.1) is 0 Å². The quantitative estimate of drug-likeness (QED) is 0.552. The summed E-state index contributed by atoms with van der Waals surface area (Å²) in [6.07, 6.45) is 0. The van der Waals surface area contributed by atoms with Gasteiger partial charge in [-0.1, -0.05) is 11.6 Å². The van der Waals surface area contributed by atoms with Crippen LogP contribution in [0.5, 0.6) is 5.75 Å². The molecule has 0 saturated carbocycles. The van der Waals surface area contributed by atoms with Gasteiger partial charge in [0, 0.05) is 48.1 Å². The minimum absolute atomic E-state index is 0.155. The van der Waals surface area contributed by atoms with Crippen molar-refractivity contribution in [2.75, 3.05) is 48.4 Å². The fourth-order valence-electron chi connectivity index (χ4n) is 3.86. The zero-order valence-electron chi connectivity index (χ0n) is 18.1. The summed E-state index contributed by atoms with van der Waals surface area (Å²) in [7, 11) is 1.56. The van der Waals surface area contributed by atoms with Gasteiger partial charge in [-0.05, 0) is 66.7 Å². The number of amides is 1. The topological polar surface area (TPSA) is 82.1 Å². The number of hydrogen-bond donors (Lipinski definition) is 2. The van der Waals surface area contributed by atoms with Crippen LogP contribution in [0.15, 0.2) is 66.7 Å². The second kappa shape index (κ2) is 9.83. The van der Waals surface area contributed by atoms with E-state index < -0.39 is 5.97 Å². The van der Waals surface area contributed by atoms with Gasteiger partial charge >= 0.3 is 5.97 Å². The summed E-state index contributed by atoms with van der Waals surface area (Å²) in [5.74, 6) is -0.704. The molecule has 2 N–H and O–H groups in total. The number of carbonyl (C=O) groups is 2. The molecule has 1 aliphatic rings. The first-order chi connectivity index (χ1) is 15.9. The number of anilines is 3. The Morgan fingerprint density at radius 1 is 0.909 bits per heavy atom. The first-order valence-electron chi connectivity index (χ1n) is 10.5. The van der Waals surface area contributed by atoms with E-state index in [1.165, 1.54) is 6.07 Å². The number of aromatic carboxylic acids is 1. The second-order valence-electron chi connectivity index (χ2n) is 7.67. The molecule has 0 spiro atoms. The molecule has 0 aromatic heterocycles. The van der Waals surface area contributed by atoms with Crippen LogP contribution < -0.4 is 19.9 Å². The van der Waals surface area contributed by atoms with Crippen molar-refractivity contribution in [2.45, 2.75) is 0 Å². The molecular weight excluding hydrogens is 442 g/mol. The largest absolute Gasteiger partial charge is 0.497 e. The Morgan fingerprint density at radius 3 is 2.15 bits per heavy atom. The first kappa shape index (κ1) is 22.5. The van der Waals surface area contributed by atoms with Crippen molar-refractivity contribution in [1.82, 2.24) is 0 Å². The molecule has 0 atom stereocenters. The Kier molecular flexibility index (Phi) is 6.70. The lowest BCUT2D eigenvalue weighted by atomic mass is 10.1. The second-order valence-corrected chi connectivity index (χ2v) is 8.11. The van der Waals surface area contributed by atoms with Crippen LogP contribution in [0.1, 0.15) is 20.7 Å². The van der Waals surface area contributed by atoms with Gasteiger partial charge in [-0.25, -0.2) is 4.79 Å². The van der Waals surface area contributed by atoms with Crippen molar-refractivity contribution in [1.29, 1.82) is 0 Å². The molecule has 4 rings (SSSR count). The van der Waals surface area contributed by atoms with Crippen molar-refractivity contribution >= 4 is 40.5 Å². The Hall–Kier alpha value is -3.71. The highest BCUT2D eigenvalue weighted by atomic mass is 35.5. The minimum atomic E-state index is -1.04. The Balaban J connectivity index is 1.46. The maximum atomic E-state index is 12.5. The summed E-state index contributed by atoms with van der Waals surface area (Å²) in [4.78, 5) is 28.8. The first-order valence-corrected chi connectivity index (χ1v) is 10.9.